The van der Waals surface area contributed by atoms with Crippen LogP contribution in [-0.4, -0.2) is 61.6 Å². The third-order valence-electron chi connectivity index (χ3n) is 6.86. The van der Waals surface area contributed by atoms with Crippen molar-refractivity contribution in [2.75, 3.05) is 39.9 Å². The Bertz CT molecular complexity index is 392. The third-order valence-corrected chi connectivity index (χ3v) is 6.86. The van der Waals surface area contributed by atoms with Gasteiger partial charge in [0.1, 0.15) is 0 Å². The van der Waals surface area contributed by atoms with Gasteiger partial charge in [-0.3, -0.25) is 4.79 Å². The Hall–Kier alpha value is -0.610. The summed E-state index contributed by atoms with van der Waals surface area (Å²) in [5.74, 6) is 2.45. The van der Waals surface area contributed by atoms with Crippen LogP contribution in [0.5, 0.6) is 0 Å². The average Bonchev–Trinajstić information content (AvgIpc) is 2.59. The van der Waals surface area contributed by atoms with Crippen LogP contribution in [0.3, 0.4) is 0 Å². The van der Waals surface area contributed by atoms with Gasteiger partial charge >= 0.3 is 0 Å². The van der Waals surface area contributed by atoms with Crippen LogP contribution in [0.2, 0.25) is 0 Å². The Morgan fingerprint density at radius 1 is 1.00 bits per heavy atom. The molecule has 4 heteroatoms. The summed E-state index contributed by atoms with van der Waals surface area (Å²) in [5.41, 5.74) is 0. The van der Waals surface area contributed by atoms with Crippen LogP contribution in [0.15, 0.2) is 0 Å². The number of carbonyl (C=O) groups is 1. The molecule has 3 fully saturated rings. The second-order valence-corrected chi connectivity index (χ2v) is 8.26. The van der Waals surface area contributed by atoms with Crippen molar-refractivity contribution in [3.05, 3.63) is 0 Å². The maximum atomic E-state index is 12.7. The largest absolute Gasteiger partial charge is 0.385 e. The van der Waals surface area contributed by atoms with Gasteiger partial charge in [-0.1, -0.05) is 13.3 Å². The Labute approximate surface area is 147 Å². The zero-order valence-corrected chi connectivity index (χ0v) is 15.7. The molecule has 3 aliphatic rings. The first-order chi connectivity index (χ1) is 11.7. The number of carbonyl (C=O) groups excluding carboxylic acids is 1. The smallest absolute Gasteiger partial charge is 0.225 e. The lowest BCUT2D eigenvalue weighted by Gasteiger charge is -2.46. The number of amides is 1. The topological polar surface area (TPSA) is 32.8 Å². The molecule has 0 aromatic heterocycles. The first-order valence-corrected chi connectivity index (χ1v) is 10.2. The van der Waals surface area contributed by atoms with E-state index in [-0.39, 0.29) is 0 Å². The van der Waals surface area contributed by atoms with Gasteiger partial charge < -0.3 is 14.5 Å². The molecule has 0 atom stereocenters. The maximum Gasteiger partial charge on any atom is 0.225 e. The van der Waals surface area contributed by atoms with E-state index in [9.17, 15) is 4.79 Å². The predicted octanol–water partition coefficient (Wildman–Crippen LogP) is 3.16. The maximum absolute atomic E-state index is 12.7. The molecule has 0 N–H and O–H groups in total. The standard InChI is InChI=1S/C20H36N2O2/c1-3-16-4-9-21(10-5-16)19-14-18(15-19)20(23)22-11-6-17(7-12-22)8-13-24-2/h16-19H,3-15H2,1-2H3. The highest BCUT2D eigenvalue weighted by molar-refractivity contribution is 5.80. The van der Waals surface area contributed by atoms with Crippen molar-refractivity contribution in [1.82, 2.24) is 9.80 Å². The molecule has 3 rings (SSSR count). The fraction of sp³-hybridized carbons (Fsp3) is 0.950. The van der Waals surface area contributed by atoms with Crippen LogP contribution in [0, 0.1) is 17.8 Å². The first kappa shape index (κ1) is 18.2. The summed E-state index contributed by atoms with van der Waals surface area (Å²) in [4.78, 5) is 17.5. The van der Waals surface area contributed by atoms with Gasteiger partial charge in [0, 0.05) is 38.8 Å². The number of hydrogen-bond acceptors (Lipinski definition) is 3. The normalized spacial score (nSPS) is 30.3. The summed E-state index contributed by atoms with van der Waals surface area (Å²) in [6, 6.07) is 0.691. The van der Waals surface area contributed by atoms with Gasteiger partial charge in [0.2, 0.25) is 5.91 Å². The van der Waals surface area contributed by atoms with Crippen LogP contribution < -0.4 is 0 Å². The minimum absolute atomic E-state index is 0.314. The van der Waals surface area contributed by atoms with Crippen molar-refractivity contribution in [2.24, 2.45) is 17.8 Å². The second-order valence-electron chi connectivity index (χ2n) is 8.26. The fourth-order valence-electron chi connectivity index (χ4n) is 4.80. The lowest BCUT2D eigenvalue weighted by atomic mass is 9.77. The first-order valence-electron chi connectivity index (χ1n) is 10.2. The Morgan fingerprint density at radius 3 is 2.21 bits per heavy atom. The molecule has 2 heterocycles. The van der Waals surface area contributed by atoms with Crippen molar-refractivity contribution >= 4 is 5.91 Å². The van der Waals surface area contributed by atoms with Crippen molar-refractivity contribution < 1.29 is 9.53 Å². The molecule has 0 radical (unpaired) electrons. The summed E-state index contributed by atoms with van der Waals surface area (Å²) in [7, 11) is 1.77. The molecular weight excluding hydrogens is 300 g/mol. The van der Waals surface area contributed by atoms with E-state index >= 15 is 0 Å². The SMILES string of the molecule is CCC1CCN(C2CC(C(=O)N3CCC(CCOC)CC3)C2)CC1. The molecule has 2 aliphatic heterocycles. The highest BCUT2D eigenvalue weighted by Gasteiger charge is 2.40. The number of ether oxygens (including phenoxy) is 1. The molecule has 1 saturated carbocycles. The number of likely N-dealkylation sites (tertiary alicyclic amines) is 2. The highest BCUT2D eigenvalue weighted by atomic mass is 16.5. The number of rotatable bonds is 6. The second kappa shape index (κ2) is 8.66. The molecule has 0 bridgehead atoms. The van der Waals surface area contributed by atoms with E-state index < -0.39 is 0 Å². The molecule has 2 saturated heterocycles. The quantitative estimate of drug-likeness (QED) is 0.747. The minimum atomic E-state index is 0.314. The van der Waals surface area contributed by atoms with Crippen LogP contribution in [0.4, 0.5) is 0 Å². The Kier molecular flexibility index (Phi) is 6.56. The third kappa shape index (κ3) is 4.32. The minimum Gasteiger partial charge on any atom is -0.385 e. The van der Waals surface area contributed by atoms with Gasteiger partial charge in [-0.25, -0.2) is 0 Å². The van der Waals surface area contributed by atoms with E-state index in [0.717, 1.165) is 63.6 Å². The van der Waals surface area contributed by atoms with Crippen LogP contribution in [-0.2, 0) is 9.53 Å². The van der Waals surface area contributed by atoms with Crippen LogP contribution in [0.25, 0.3) is 0 Å². The average molecular weight is 337 g/mol. The molecule has 1 aliphatic carbocycles. The van der Waals surface area contributed by atoms with Crippen molar-refractivity contribution in [1.29, 1.82) is 0 Å². The summed E-state index contributed by atoms with van der Waals surface area (Å²) < 4.78 is 5.18. The molecule has 0 unspecified atom stereocenters. The molecule has 0 aromatic carbocycles. The van der Waals surface area contributed by atoms with Gasteiger partial charge in [-0.2, -0.15) is 0 Å². The van der Waals surface area contributed by atoms with Crippen LogP contribution >= 0.6 is 0 Å². The molecule has 1 amide bonds. The van der Waals surface area contributed by atoms with Gasteiger partial charge in [0.25, 0.3) is 0 Å². The van der Waals surface area contributed by atoms with Crippen molar-refractivity contribution in [3.63, 3.8) is 0 Å². The monoisotopic (exact) mass is 336 g/mol. The fourth-order valence-corrected chi connectivity index (χ4v) is 4.80. The van der Waals surface area contributed by atoms with Crippen molar-refractivity contribution in [2.45, 2.75) is 64.3 Å². The van der Waals surface area contributed by atoms with Gasteiger partial charge in [-0.15, -0.1) is 0 Å². The van der Waals surface area contributed by atoms with E-state index in [2.05, 4.69) is 16.7 Å². The van der Waals surface area contributed by atoms with Crippen molar-refractivity contribution in [3.8, 4) is 0 Å². The number of nitrogens with zero attached hydrogens (tertiary/aromatic N) is 2. The van der Waals surface area contributed by atoms with E-state index in [0.29, 0.717) is 17.9 Å². The summed E-state index contributed by atoms with van der Waals surface area (Å²) >= 11 is 0. The summed E-state index contributed by atoms with van der Waals surface area (Å²) in [6.45, 7) is 7.63. The zero-order chi connectivity index (χ0) is 16.9. The Balaban J connectivity index is 1.35. The Morgan fingerprint density at radius 2 is 1.62 bits per heavy atom. The number of piperidine rings is 2. The summed E-state index contributed by atoms with van der Waals surface area (Å²) in [6.07, 6.45) is 9.75. The van der Waals surface area contributed by atoms with E-state index in [1.807, 2.05) is 0 Å². The van der Waals surface area contributed by atoms with E-state index in [1.165, 1.54) is 32.4 Å². The van der Waals surface area contributed by atoms with E-state index in [4.69, 9.17) is 4.74 Å². The predicted molar refractivity (Wildman–Crippen MR) is 96.9 cm³/mol. The lowest BCUT2D eigenvalue weighted by Crippen LogP contribution is -2.53. The van der Waals surface area contributed by atoms with Gasteiger partial charge in [0.05, 0.1) is 0 Å². The lowest BCUT2D eigenvalue weighted by molar-refractivity contribution is -0.142. The van der Waals surface area contributed by atoms with Gasteiger partial charge in [-0.05, 0) is 69.9 Å². The summed E-state index contributed by atoms with van der Waals surface area (Å²) in [5, 5.41) is 0. The van der Waals surface area contributed by atoms with Gasteiger partial charge in [0.15, 0.2) is 0 Å². The molecule has 0 spiro atoms. The molecule has 24 heavy (non-hydrogen) atoms. The zero-order valence-electron chi connectivity index (χ0n) is 15.7. The molecule has 4 nitrogen and oxygen atoms in total. The molecular formula is C20H36N2O2. The number of hydrogen-bond donors (Lipinski definition) is 0. The molecule has 0 aromatic rings. The number of methoxy groups -OCH3 is 1. The van der Waals surface area contributed by atoms with E-state index in [1.54, 1.807) is 7.11 Å². The highest BCUT2D eigenvalue weighted by Crippen LogP contribution is 2.36. The molecule has 138 valence electrons. The van der Waals surface area contributed by atoms with Crippen LogP contribution in [0.1, 0.15) is 58.3 Å².